The van der Waals surface area contributed by atoms with Crippen LogP contribution in [0, 0.1) is 0 Å². The van der Waals surface area contributed by atoms with Gasteiger partial charge in [0, 0.05) is 6.42 Å². The van der Waals surface area contributed by atoms with Gasteiger partial charge < -0.3 is 9.84 Å². The molecule has 0 unspecified atom stereocenters. The van der Waals surface area contributed by atoms with Gasteiger partial charge in [-0.05, 0) is 18.6 Å². The summed E-state index contributed by atoms with van der Waals surface area (Å²) < 4.78 is 5.57. The fourth-order valence-corrected chi connectivity index (χ4v) is 2.89. The van der Waals surface area contributed by atoms with Crippen LogP contribution in [0.25, 0.3) is 0 Å². The number of carboxylic acid groups (broad SMARTS) is 1. The highest BCUT2D eigenvalue weighted by molar-refractivity contribution is 7.13. The van der Waals surface area contributed by atoms with Crippen LogP contribution in [0.5, 0.6) is 5.75 Å². The second-order valence-corrected chi connectivity index (χ2v) is 5.56. The van der Waals surface area contributed by atoms with Gasteiger partial charge in [-0.1, -0.05) is 30.7 Å². The fourth-order valence-electron chi connectivity index (χ4n) is 1.72. The molecule has 0 aliphatic carbocycles. The van der Waals surface area contributed by atoms with Gasteiger partial charge in [0.1, 0.15) is 10.6 Å². The van der Waals surface area contributed by atoms with Crippen LogP contribution < -0.4 is 4.74 Å². The van der Waals surface area contributed by atoms with E-state index in [0.29, 0.717) is 40.8 Å². The molecule has 106 valence electrons. The quantitative estimate of drug-likeness (QED) is 0.884. The highest BCUT2D eigenvalue weighted by Gasteiger charge is 2.15. The van der Waals surface area contributed by atoms with Crippen LogP contribution >= 0.6 is 22.9 Å². The van der Waals surface area contributed by atoms with Gasteiger partial charge in [-0.15, -0.1) is 11.3 Å². The van der Waals surface area contributed by atoms with E-state index in [1.54, 1.807) is 12.1 Å². The zero-order chi connectivity index (χ0) is 14.5. The molecule has 0 atom stereocenters. The summed E-state index contributed by atoms with van der Waals surface area (Å²) in [6, 6.07) is 7.24. The predicted octanol–water partition coefficient (Wildman–Crippen LogP) is 3.68. The van der Waals surface area contributed by atoms with Gasteiger partial charge in [0.25, 0.3) is 0 Å². The minimum Gasteiger partial charge on any atom is -0.492 e. The molecule has 1 N–H and O–H groups in total. The Bertz CT molecular complexity index is 612. The summed E-state index contributed by atoms with van der Waals surface area (Å²) in [5.74, 6) is -0.294. The van der Waals surface area contributed by atoms with Gasteiger partial charge in [0.2, 0.25) is 0 Å². The maximum atomic E-state index is 11.1. The lowest BCUT2D eigenvalue weighted by atomic mass is 10.3. The summed E-state index contributed by atoms with van der Waals surface area (Å²) in [5.41, 5.74) is 0.634. The predicted molar refractivity (Wildman–Crippen MR) is 79.1 cm³/mol. The van der Waals surface area contributed by atoms with E-state index in [0.717, 1.165) is 5.01 Å². The molecule has 6 heteroatoms. The number of halogens is 1. The van der Waals surface area contributed by atoms with Crippen molar-refractivity contribution in [3.05, 3.63) is 44.9 Å². The standard InChI is InChI=1S/C14H14ClNO3S/c1-2-10-13(14(17)18)20-12(16-10)7-8-19-11-6-4-3-5-9(11)15/h3-6H,2,7-8H2,1H3,(H,17,18). The molecule has 20 heavy (non-hydrogen) atoms. The monoisotopic (exact) mass is 311 g/mol. The lowest BCUT2D eigenvalue weighted by Crippen LogP contribution is -2.01. The van der Waals surface area contributed by atoms with Crippen LogP contribution in [0.4, 0.5) is 0 Å². The van der Waals surface area contributed by atoms with Crippen LogP contribution in [-0.4, -0.2) is 22.7 Å². The molecule has 0 aliphatic heterocycles. The van der Waals surface area contributed by atoms with E-state index >= 15 is 0 Å². The van der Waals surface area contributed by atoms with Gasteiger partial charge in [0.05, 0.1) is 22.3 Å². The van der Waals surface area contributed by atoms with E-state index in [9.17, 15) is 4.79 Å². The Kier molecular flexibility index (Phi) is 4.98. The van der Waals surface area contributed by atoms with Crippen molar-refractivity contribution in [1.82, 2.24) is 4.98 Å². The molecular weight excluding hydrogens is 298 g/mol. The van der Waals surface area contributed by atoms with E-state index in [1.807, 2.05) is 19.1 Å². The van der Waals surface area contributed by atoms with Crippen molar-refractivity contribution >= 4 is 28.9 Å². The Morgan fingerprint density at radius 2 is 2.20 bits per heavy atom. The largest absolute Gasteiger partial charge is 0.492 e. The van der Waals surface area contributed by atoms with Crippen LogP contribution in [-0.2, 0) is 12.8 Å². The summed E-state index contributed by atoms with van der Waals surface area (Å²) in [4.78, 5) is 15.7. The van der Waals surface area contributed by atoms with Crippen molar-refractivity contribution < 1.29 is 14.6 Å². The third-order valence-electron chi connectivity index (χ3n) is 2.68. The number of thiazole rings is 1. The number of rotatable bonds is 6. The van der Waals surface area contributed by atoms with E-state index in [2.05, 4.69) is 4.98 Å². The van der Waals surface area contributed by atoms with Crippen molar-refractivity contribution in [3.63, 3.8) is 0 Å². The smallest absolute Gasteiger partial charge is 0.347 e. The minimum atomic E-state index is -0.919. The third kappa shape index (κ3) is 3.49. The van der Waals surface area contributed by atoms with Gasteiger partial charge in [-0.3, -0.25) is 0 Å². The second-order valence-electron chi connectivity index (χ2n) is 4.07. The Morgan fingerprint density at radius 1 is 1.45 bits per heavy atom. The van der Waals surface area contributed by atoms with Gasteiger partial charge in [0.15, 0.2) is 0 Å². The van der Waals surface area contributed by atoms with Crippen LogP contribution in [0.3, 0.4) is 0 Å². The molecule has 1 heterocycles. The number of aromatic nitrogens is 1. The lowest BCUT2D eigenvalue weighted by Gasteiger charge is -2.06. The molecule has 2 aromatic rings. The number of nitrogens with zero attached hydrogens (tertiary/aromatic N) is 1. The van der Waals surface area contributed by atoms with Crippen molar-refractivity contribution in [2.45, 2.75) is 19.8 Å². The average Bonchev–Trinajstić information content (AvgIpc) is 2.84. The topological polar surface area (TPSA) is 59.4 Å². The first-order valence-corrected chi connectivity index (χ1v) is 7.40. The SMILES string of the molecule is CCc1nc(CCOc2ccccc2Cl)sc1C(=O)O. The normalized spacial score (nSPS) is 10.5. The summed E-state index contributed by atoms with van der Waals surface area (Å²) in [6.07, 6.45) is 1.18. The van der Waals surface area contributed by atoms with E-state index in [-0.39, 0.29) is 0 Å². The lowest BCUT2D eigenvalue weighted by molar-refractivity contribution is 0.0701. The number of aromatic carboxylic acids is 1. The molecule has 0 bridgehead atoms. The molecule has 0 amide bonds. The highest BCUT2D eigenvalue weighted by Crippen LogP contribution is 2.24. The van der Waals surface area contributed by atoms with Gasteiger partial charge in [-0.2, -0.15) is 0 Å². The van der Waals surface area contributed by atoms with E-state index in [1.165, 1.54) is 11.3 Å². The molecular formula is C14H14ClNO3S. The number of carboxylic acids is 1. The first kappa shape index (κ1) is 14.8. The molecule has 0 saturated carbocycles. The Balaban J connectivity index is 1.98. The Morgan fingerprint density at radius 3 is 2.80 bits per heavy atom. The van der Waals surface area contributed by atoms with E-state index in [4.69, 9.17) is 21.4 Å². The van der Waals surface area contributed by atoms with E-state index < -0.39 is 5.97 Å². The number of aryl methyl sites for hydroxylation is 1. The maximum absolute atomic E-state index is 11.1. The number of hydrogen-bond donors (Lipinski definition) is 1. The molecule has 0 spiro atoms. The van der Waals surface area contributed by atoms with Crippen LogP contribution in [0.15, 0.2) is 24.3 Å². The number of ether oxygens (including phenoxy) is 1. The summed E-state index contributed by atoms with van der Waals surface area (Å²) in [7, 11) is 0. The zero-order valence-corrected chi connectivity index (χ0v) is 12.5. The molecule has 1 aromatic carbocycles. The molecule has 0 saturated heterocycles. The first-order valence-electron chi connectivity index (χ1n) is 6.21. The summed E-state index contributed by atoms with van der Waals surface area (Å²) in [6.45, 7) is 2.31. The van der Waals surface area contributed by atoms with Crippen molar-refractivity contribution in [1.29, 1.82) is 0 Å². The van der Waals surface area contributed by atoms with Crippen molar-refractivity contribution in [2.24, 2.45) is 0 Å². The van der Waals surface area contributed by atoms with Crippen LogP contribution in [0.2, 0.25) is 5.02 Å². The molecule has 0 fully saturated rings. The minimum absolute atomic E-state index is 0.320. The Labute approximate surface area is 126 Å². The molecule has 1 aromatic heterocycles. The average molecular weight is 312 g/mol. The van der Waals surface area contributed by atoms with Gasteiger partial charge >= 0.3 is 5.97 Å². The van der Waals surface area contributed by atoms with Crippen LogP contribution in [0.1, 0.15) is 27.3 Å². The summed E-state index contributed by atoms with van der Waals surface area (Å²) >= 11 is 7.19. The maximum Gasteiger partial charge on any atom is 0.347 e. The number of para-hydroxylation sites is 1. The van der Waals surface area contributed by atoms with Crippen molar-refractivity contribution in [2.75, 3.05) is 6.61 Å². The summed E-state index contributed by atoms with van der Waals surface area (Å²) in [5, 5.41) is 10.4. The third-order valence-corrected chi connectivity index (χ3v) is 4.14. The molecule has 2 rings (SSSR count). The zero-order valence-electron chi connectivity index (χ0n) is 10.9. The molecule has 0 radical (unpaired) electrons. The highest BCUT2D eigenvalue weighted by atomic mass is 35.5. The molecule has 0 aliphatic rings. The number of benzene rings is 1. The van der Waals surface area contributed by atoms with Gasteiger partial charge in [-0.25, -0.2) is 9.78 Å². The number of hydrogen-bond acceptors (Lipinski definition) is 4. The first-order chi connectivity index (χ1) is 9.61. The number of carbonyl (C=O) groups is 1. The Hall–Kier alpha value is -1.59. The fraction of sp³-hybridized carbons (Fsp3) is 0.286. The molecule has 4 nitrogen and oxygen atoms in total. The second kappa shape index (κ2) is 6.72. The van der Waals surface area contributed by atoms with Crippen molar-refractivity contribution in [3.8, 4) is 5.75 Å².